The smallest absolute Gasteiger partial charge is 0.230 e. The lowest BCUT2D eigenvalue weighted by molar-refractivity contribution is -0.147. The van der Waals surface area contributed by atoms with E-state index in [0.29, 0.717) is 24.1 Å². The van der Waals surface area contributed by atoms with Crippen LogP contribution in [0.3, 0.4) is 0 Å². The van der Waals surface area contributed by atoms with Crippen LogP contribution < -0.4 is 4.90 Å². The van der Waals surface area contributed by atoms with Crippen molar-refractivity contribution in [3.05, 3.63) is 22.9 Å². The van der Waals surface area contributed by atoms with E-state index in [1.807, 2.05) is 19.9 Å². The van der Waals surface area contributed by atoms with Gasteiger partial charge in [-0.25, -0.2) is 4.98 Å². The fraction of sp³-hybridized carbons (Fsp3) is 0.667. The van der Waals surface area contributed by atoms with Gasteiger partial charge in [-0.3, -0.25) is 4.79 Å². The fourth-order valence-electron chi connectivity index (χ4n) is 5.11. The molecule has 0 N–H and O–H groups in total. The van der Waals surface area contributed by atoms with E-state index in [4.69, 9.17) is 4.98 Å². The molecule has 3 heterocycles. The first-order valence-electron chi connectivity index (χ1n) is 9.98. The summed E-state index contributed by atoms with van der Waals surface area (Å²) < 4.78 is 0. The van der Waals surface area contributed by atoms with E-state index in [-0.39, 0.29) is 5.41 Å². The Kier molecular flexibility index (Phi) is 4.38. The number of aryl methyl sites for hydroxylation is 2. The van der Waals surface area contributed by atoms with E-state index < -0.39 is 0 Å². The molecule has 1 aromatic rings. The normalized spacial score (nSPS) is 26.7. The van der Waals surface area contributed by atoms with E-state index >= 15 is 0 Å². The van der Waals surface area contributed by atoms with Crippen molar-refractivity contribution in [2.24, 2.45) is 5.41 Å². The minimum Gasteiger partial charge on any atom is -0.354 e. The molecule has 138 valence electrons. The summed E-state index contributed by atoms with van der Waals surface area (Å²) in [6.45, 7) is 6.42. The molecule has 1 aliphatic carbocycles. The predicted molar refractivity (Wildman–Crippen MR) is 101 cm³/mol. The van der Waals surface area contributed by atoms with Crippen molar-refractivity contribution < 1.29 is 4.79 Å². The second kappa shape index (κ2) is 6.57. The summed E-state index contributed by atoms with van der Waals surface area (Å²) in [5.74, 6) is 1.12. The van der Waals surface area contributed by atoms with Crippen molar-refractivity contribution in [2.75, 3.05) is 24.5 Å². The molecule has 2 saturated heterocycles. The summed E-state index contributed by atoms with van der Waals surface area (Å²) in [5.41, 5.74) is 2.36. The van der Waals surface area contributed by atoms with Gasteiger partial charge in [-0.2, -0.15) is 5.26 Å². The average molecular weight is 352 g/mol. The number of rotatable bonds is 2. The maximum Gasteiger partial charge on any atom is 0.230 e. The summed E-state index contributed by atoms with van der Waals surface area (Å²) in [4.78, 5) is 22.5. The molecule has 0 radical (unpaired) electrons. The Morgan fingerprint density at radius 1 is 1.19 bits per heavy atom. The fourth-order valence-corrected chi connectivity index (χ4v) is 5.11. The van der Waals surface area contributed by atoms with Gasteiger partial charge < -0.3 is 9.80 Å². The number of hydrogen-bond acceptors (Lipinski definition) is 4. The van der Waals surface area contributed by atoms with Crippen molar-refractivity contribution in [2.45, 2.75) is 64.8 Å². The summed E-state index contributed by atoms with van der Waals surface area (Å²) in [5, 5.41) is 9.54. The van der Waals surface area contributed by atoms with Gasteiger partial charge in [0.2, 0.25) is 5.91 Å². The number of nitrogens with zero attached hydrogens (tertiary/aromatic N) is 4. The average Bonchev–Trinajstić information content (AvgIpc) is 3.30. The van der Waals surface area contributed by atoms with Gasteiger partial charge in [0.1, 0.15) is 11.9 Å². The highest BCUT2D eigenvalue weighted by Crippen LogP contribution is 2.43. The van der Waals surface area contributed by atoms with Gasteiger partial charge in [-0.15, -0.1) is 0 Å². The molecule has 4 rings (SSSR count). The first-order chi connectivity index (χ1) is 12.5. The quantitative estimate of drug-likeness (QED) is 0.819. The third kappa shape index (κ3) is 2.76. The minimum absolute atomic E-state index is 0.270. The lowest BCUT2D eigenvalue weighted by atomic mass is 9.77. The van der Waals surface area contributed by atoms with Crippen LogP contribution in [0.5, 0.6) is 0 Å². The van der Waals surface area contributed by atoms with Gasteiger partial charge in [0.15, 0.2) is 0 Å². The van der Waals surface area contributed by atoms with Crippen molar-refractivity contribution in [3.63, 3.8) is 0 Å². The maximum absolute atomic E-state index is 13.4. The first kappa shape index (κ1) is 17.3. The minimum atomic E-state index is -0.270. The Hall–Kier alpha value is -2.09. The predicted octanol–water partition coefficient (Wildman–Crippen LogP) is 3.33. The SMILES string of the molecule is Cc1cc(C#N)c(N2CCC3(CCCN(C4CCCC4)C3=O)C2)nc1C. The molecular weight excluding hydrogens is 324 g/mol. The van der Waals surface area contributed by atoms with E-state index in [2.05, 4.69) is 15.9 Å². The highest BCUT2D eigenvalue weighted by molar-refractivity contribution is 5.85. The van der Waals surface area contributed by atoms with Crippen LogP contribution in [0.1, 0.15) is 61.8 Å². The van der Waals surface area contributed by atoms with Crippen LogP contribution in [0, 0.1) is 30.6 Å². The van der Waals surface area contributed by atoms with E-state index in [1.54, 1.807) is 0 Å². The lowest BCUT2D eigenvalue weighted by Crippen LogP contribution is -2.53. The van der Waals surface area contributed by atoms with Gasteiger partial charge in [0.25, 0.3) is 0 Å². The van der Waals surface area contributed by atoms with Crippen molar-refractivity contribution >= 4 is 11.7 Å². The molecule has 1 saturated carbocycles. The van der Waals surface area contributed by atoms with Crippen LogP contribution in [-0.2, 0) is 4.79 Å². The third-order valence-corrected chi connectivity index (χ3v) is 6.75. The van der Waals surface area contributed by atoms with Gasteiger partial charge >= 0.3 is 0 Å². The van der Waals surface area contributed by atoms with E-state index in [0.717, 1.165) is 49.4 Å². The van der Waals surface area contributed by atoms with E-state index in [1.165, 1.54) is 25.7 Å². The molecule has 5 nitrogen and oxygen atoms in total. The molecule has 1 unspecified atom stereocenters. The highest BCUT2D eigenvalue weighted by atomic mass is 16.2. The molecular formula is C21H28N4O. The molecule has 0 aromatic carbocycles. The maximum atomic E-state index is 13.4. The second-order valence-electron chi connectivity index (χ2n) is 8.37. The van der Waals surface area contributed by atoms with Crippen molar-refractivity contribution in [1.29, 1.82) is 5.26 Å². The standard InChI is InChI=1S/C21H28N4O/c1-15-12-17(13-22)19(23-16(15)2)24-11-9-21(14-24)8-5-10-25(20(21)26)18-6-3-4-7-18/h12,18H,3-11,14H2,1-2H3. The molecule has 3 aliphatic rings. The Labute approximate surface area is 156 Å². The number of likely N-dealkylation sites (tertiary alicyclic amines) is 1. The molecule has 3 fully saturated rings. The number of carbonyl (C=O) groups is 1. The number of amides is 1. The summed E-state index contributed by atoms with van der Waals surface area (Å²) in [7, 11) is 0. The zero-order valence-corrected chi connectivity index (χ0v) is 15.9. The van der Waals surface area contributed by atoms with Crippen LogP contribution in [-0.4, -0.2) is 41.5 Å². The number of hydrogen-bond donors (Lipinski definition) is 0. The number of aromatic nitrogens is 1. The number of carbonyl (C=O) groups excluding carboxylic acids is 1. The van der Waals surface area contributed by atoms with E-state index in [9.17, 15) is 10.1 Å². The zero-order chi connectivity index (χ0) is 18.3. The Balaban J connectivity index is 1.59. The Morgan fingerprint density at radius 2 is 1.96 bits per heavy atom. The summed E-state index contributed by atoms with van der Waals surface area (Å²) >= 11 is 0. The number of anilines is 1. The zero-order valence-electron chi connectivity index (χ0n) is 15.9. The molecule has 26 heavy (non-hydrogen) atoms. The Bertz CT molecular complexity index is 762. The largest absolute Gasteiger partial charge is 0.354 e. The topological polar surface area (TPSA) is 60.2 Å². The van der Waals surface area contributed by atoms with Gasteiger partial charge in [0.05, 0.1) is 11.0 Å². The molecule has 1 atom stereocenters. The monoisotopic (exact) mass is 352 g/mol. The second-order valence-corrected chi connectivity index (χ2v) is 8.37. The van der Waals surface area contributed by atoms with Gasteiger partial charge in [0, 0.05) is 31.4 Å². The summed E-state index contributed by atoms with van der Waals surface area (Å²) in [6, 6.07) is 4.69. The molecule has 2 aliphatic heterocycles. The molecule has 1 spiro atoms. The molecule has 1 amide bonds. The number of nitriles is 1. The van der Waals surface area contributed by atoms with Crippen molar-refractivity contribution in [1.82, 2.24) is 9.88 Å². The van der Waals surface area contributed by atoms with Crippen LogP contribution in [0.15, 0.2) is 6.07 Å². The molecule has 5 heteroatoms. The number of pyridine rings is 1. The summed E-state index contributed by atoms with van der Waals surface area (Å²) in [6.07, 6.45) is 7.80. The third-order valence-electron chi connectivity index (χ3n) is 6.75. The van der Waals surface area contributed by atoms with Crippen LogP contribution >= 0.6 is 0 Å². The van der Waals surface area contributed by atoms with Gasteiger partial charge in [-0.05, 0) is 57.6 Å². The molecule has 1 aromatic heterocycles. The number of piperidine rings is 1. The lowest BCUT2D eigenvalue weighted by Gasteiger charge is -2.42. The van der Waals surface area contributed by atoms with Crippen LogP contribution in [0.25, 0.3) is 0 Å². The van der Waals surface area contributed by atoms with Crippen LogP contribution in [0.2, 0.25) is 0 Å². The van der Waals surface area contributed by atoms with Gasteiger partial charge in [-0.1, -0.05) is 12.8 Å². The highest BCUT2D eigenvalue weighted by Gasteiger charge is 2.50. The van der Waals surface area contributed by atoms with Crippen LogP contribution in [0.4, 0.5) is 5.82 Å². The molecule has 0 bridgehead atoms. The van der Waals surface area contributed by atoms with Crippen molar-refractivity contribution in [3.8, 4) is 6.07 Å². The Morgan fingerprint density at radius 3 is 2.69 bits per heavy atom. The first-order valence-corrected chi connectivity index (χ1v) is 9.98.